The molecule has 82 valence electrons. The van der Waals surface area contributed by atoms with Crippen LogP contribution in [0, 0.1) is 5.41 Å². The van der Waals surface area contributed by atoms with Crippen LogP contribution < -0.4 is 0 Å². The minimum atomic E-state index is -0.608. The van der Waals surface area contributed by atoms with Crippen molar-refractivity contribution in [2.75, 3.05) is 0 Å². The van der Waals surface area contributed by atoms with Crippen LogP contribution in [0.2, 0.25) is 0 Å². The molecule has 0 spiro atoms. The summed E-state index contributed by atoms with van der Waals surface area (Å²) in [5, 5.41) is 0. The third kappa shape index (κ3) is 2.83. The van der Waals surface area contributed by atoms with Crippen molar-refractivity contribution in [1.29, 1.82) is 0 Å². The van der Waals surface area contributed by atoms with Crippen LogP contribution in [-0.2, 0) is 0 Å². The first kappa shape index (κ1) is 11.7. The predicted molar refractivity (Wildman–Crippen MR) is 60.1 cm³/mol. The molecular formula is C13H23F. The Hall–Kier alpha value is -0.330. The summed E-state index contributed by atoms with van der Waals surface area (Å²) in [6, 6.07) is 0. The van der Waals surface area contributed by atoms with Gasteiger partial charge in [0.2, 0.25) is 0 Å². The van der Waals surface area contributed by atoms with Crippen molar-refractivity contribution in [2.45, 2.75) is 65.5 Å². The number of alkyl halides is 1. The third-order valence-electron chi connectivity index (χ3n) is 3.39. The lowest BCUT2D eigenvalue weighted by Gasteiger charge is -2.28. The van der Waals surface area contributed by atoms with Crippen molar-refractivity contribution in [2.24, 2.45) is 5.41 Å². The minimum absolute atomic E-state index is 0.203. The van der Waals surface area contributed by atoms with Crippen LogP contribution >= 0.6 is 0 Å². The quantitative estimate of drug-likeness (QED) is 0.564. The molecule has 0 bridgehead atoms. The van der Waals surface area contributed by atoms with Gasteiger partial charge in [-0.05, 0) is 44.4 Å². The molecule has 0 amide bonds. The molecule has 0 radical (unpaired) electrons. The van der Waals surface area contributed by atoms with E-state index in [1.54, 1.807) is 0 Å². The Bertz CT molecular complexity index is 207. The average Bonchev–Trinajstić information content (AvgIpc) is 2.48. The van der Waals surface area contributed by atoms with Crippen LogP contribution in [0.3, 0.4) is 0 Å². The lowest BCUT2D eigenvalue weighted by atomic mass is 9.78. The molecule has 0 aromatic heterocycles. The molecule has 14 heavy (non-hydrogen) atoms. The molecule has 0 aliphatic heterocycles. The fraction of sp³-hybridized carbons (Fsp3) is 0.846. The third-order valence-corrected chi connectivity index (χ3v) is 3.39. The number of hydrogen-bond donors (Lipinski definition) is 0. The Kier molecular flexibility index (Phi) is 4.15. The molecule has 0 N–H and O–H groups in total. The maximum atomic E-state index is 13.4. The van der Waals surface area contributed by atoms with E-state index in [2.05, 4.69) is 19.9 Å². The lowest BCUT2D eigenvalue weighted by molar-refractivity contribution is 0.199. The van der Waals surface area contributed by atoms with E-state index >= 15 is 0 Å². The summed E-state index contributed by atoms with van der Waals surface area (Å²) in [5.41, 5.74) is 1.66. The number of halogens is 1. The molecule has 0 saturated heterocycles. The molecule has 0 saturated carbocycles. The molecule has 0 fully saturated rings. The van der Waals surface area contributed by atoms with E-state index in [9.17, 15) is 4.39 Å². The molecule has 0 aromatic carbocycles. The van der Waals surface area contributed by atoms with Gasteiger partial charge in [0.1, 0.15) is 6.17 Å². The second kappa shape index (κ2) is 4.95. The number of rotatable bonds is 5. The summed E-state index contributed by atoms with van der Waals surface area (Å²) in [6.07, 6.45) is 7.82. The molecular weight excluding hydrogens is 175 g/mol. The maximum absolute atomic E-state index is 13.4. The largest absolute Gasteiger partial charge is 0.247 e. The summed E-state index contributed by atoms with van der Waals surface area (Å²) in [6.45, 7) is 6.31. The van der Waals surface area contributed by atoms with Gasteiger partial charge in [-0.2, -0.15) is 0 Å². The summed E-state index contributed by atoms with van der Waals surface area (Å²) in [4.78, 5) is 0. The van der Waals surface area contributed by atoms with Crippen molar-refractivity contribution >= 4 is 0 Å². The van der Waals surface area contributed by atoms with Crippen LogP contribution in [0.15, 0.2) is 11.6 Å². The summed E-state index contributed by atoms with van der Waals surface area (Å²) < 4.78 is 13.4. The molecule has 1 aliphatic carbocycles. The van der Waals surface area contributed by atoms with Crippen LogP contribution in [0.5, 0.6) is 0 Å². The van der Waals surface area contributed by atoms with Crippen molar-refractivity contribution in [3.63, 3.8) is 0 Å². The van der Waals surface area contributed by atoms with Crippen molar-refractivity contribution in [3.05, 3.63) is 11.6 Å². The van der Waals surface area contributed by atoms with Gasteiger partial charge in [-0.3, -0.25) is 0 Å². The van der Waals surface area contributed by atoms with E-state index in [1.165, 1.54) is 24.8 Å². The zero-order valence-electron chi connectivity index (χ0n) is 9.78. The van der Waals surface area contributed by atoms with Crippen LogP contribution in [-0.4, -0.2) is 6.17 Å². The van der Waals surface area contributed by atoms with Gasteiger partial charge >= 0.3 is 0 Å². The second-order valence-corrected chi connectivity index (χ2v) is 4.81. The van der Waals surface area contributed by atoms with Gasteiger partial charge < -0.3 is 0 Å². The van der Waals surface area contributed by atoms with Gasteiger partial charge in [0.25, 0.3) is 0 Å². The van der Waals surface area contributed by atoms with E-state index in [1.807, 2.05) is 6.92 Å². The monoisotopic (exact) mass is 198 g/mol. The van der Waals surface area contributed by atoms with E-state index in [4.69, 9.17) is 0 Å². The summed E-state index contributed by atoms with van der Waals surface area (Å²) in [7, 11) is 0. The molecule has 0 unspecified atom stereocenters. The molecule has 0 heterocycles. The van der Waals surface area contributed by atoms with Crippen LogP contribution in [0.4, 0.5) is 4.39 Å². The standard InChI is InChI=1S/C13H23F/c1-4-7-13(10-12(14)5-2)8-6-11(3)9-13/h9,12H,4-8,10H2,1-3H3/t12-,13+/m1/s1. The number of hydrogen-bond acceptors (Lipinski definition) is 0. The van der Waals surface area contributed by atoms with Gasteiger partial charge in [0.15, 0.2) is 0 Å². The highest BCUT2D eigenvalue weighted by atomic mass is 19.1. The summed E-state index contributed by atoms with van der Waals surface area (Å²) in [5.74, 6) is 0. The smallest absolute Gasteiger partial charge is 0.101 e. The first-order valence-electron chi connectivity index (χ1n) is 5.94. The molecule has 1 rings (SSSR count). The van der Waals surface area contributed by atoms with Gasteiger partial charge in [-0.15, -0.1) is 0 Å². The molecule has 0 nitrogen and oxygen atoms in total. The zero-order valence-corrected chi connectivity index (χ0v) is 9.78. The van der Waals surface area contributed by atoms with Crippen molar-refractivity contribution < 1.29 is 4.39 Å². The molecule has 0 aromatic rings. The Morgan fingerprint density at radius 2 is 2.21 bits per heavy atom. The first-order valence-corrected chi connectivity index (χ1v) is 5.94. The Labute approximate surface area is 87.6 Å². The van der Waals surface area contributed by atoms with Crippen LogP contribution in [0.25, 0.3) is 0 Å². The topological polar surface area (TPSA) is 0 Å². The van der Waals surface area contributed by atoms with Crippen molar-refractivity contribution in [1.82, 2.24) is 0 Å². The van der Waals surface area contributed by atoms with E-state index < -0.39 is 6.17 Å². The maximum Gasteiger partial charge on any atom is 0.101 e. The average molecular weight is 198 g/mol. The first-order chi connectivity index (χ1) is 6.62. The Balaban J connectivity index is 2.63. The highest BCUT2D eigenvalue weighted by Crippen LogP contribution is 2.44. The zero-order chi connectivity index (χ0) is 10.6. The van der Waals surface area contributed by atoms with E-state index in [-0.39, 0.29) is 5.41 Å². The van der Waals surface area contributed by atoms with E-state index in [0.29, 0.717) is 6.42 Å². The Morgan fingerprint density at radius 3 is 2.64 bits per heavy atom. The Morgan fingerprint density at radius 1 is 1.50 bits per heavy atom. The lowest BCUT2D eigenvalue weighted by Crippen LogP contribution is -2.20. The highest BCUT2D eigenvalue weighted by molar-refractivity contribution is 5.15. The SMILES string of the molecule is CCC[C@@]1(C[C@H](F)CC)C=C(C)CC1. The molecule has 1 heteroatoms. The fourth-order valence-electron chi connectivity index (χ4n) is 2.66. The van der Waals surface area contributed by atoms with Crippen LogP contribution in [0.1, 0.15) is 59.3 Å². The highest BCUT2D eigenvalue weighted by Gasteiger charge is 2.33. The number of allylic oxidation sites excluding steroid dienone is 2. The predicted octanol–water partition coefficient (Wildman–Crippen LogP) is 4.65. The second-order valence-electron chi connectivity index (χ2n) is 4.81. The van der Waals surface area contributed by atoms with Gasteiger partial charge in [0, 0.05) is 0 Å². The van der Waals surface area contributed by atoms with Gasteiger partial charge in [-0.25, -0.2) is 4.39 Å². The minimum Gasteiger partial charge on any atom is -0.247 e. The molecule has 1 aliphatic rings. The van der Waals surface area contributed by atoms with Crippen molar-refractivity contribution in [3.8, 4) is 0 Å². The summed E-state index contributed by atoms with van der Waals surface area (Å²) >= 11 is 0. The van der Waals surface area contributed by atoms with Gasteiger partial charge in [0.05, 0.1) is 0 Å². The van der Waals surface area contributed by atoms with Gasteiger partial charge in [-0.1, -0.05) is 31.9 Å². The fourth-order valence-corrected chi connectivity index (χ4v) is 2.66. The molecule has 2 atom stereocenters. The normalized spacial score (nSPS) is 29.0. The van der Waals surface area contributed by atoms with E-state index in [0.717, 1.165) is 12.8 Å².